The number of hydrogen-bond acceptors (Lipinski definition) is 3. The molecule has 3 rings (SSSR count). The van der Waals surface area contributed by atoms with Gasteiger partial charge in [-0.05, 0) is 55.2 Å². The summed E-state index contributed by atoms with van der Waals surface area (Å²) in [6.45, 7) is 2.24. The highest BCUT2D eigenvalue weighted by atomic mass is 79.9. The Bertz CT molecular complexity index is 903. The van der Waals surface area contributed by atoms with Crippen LogP contribution in [0.5, 0.6) is 0 Å². The van der Waals surface area contributed by atoms with Gasteiger partial charge in [-0.25, -0.2) is 0 Å². The number of hydrogen-bond donors (Lipinski definition) is 1. The van der Waals surface area contributed by atoms with Crippen LogP contribution in [0.25, 0.3) is 0 Å². The van der Waals surface area contributed by atoms with Crippen LogP contribution in [0.1, 0.15) is 50.2 Å². The number of nitrogens with zero attached hydrogens (tertiary/aromatic N) is 1. The van der Waals surface area contributed by atoms with Crippen molar-refractivity contribution in [2.24, 2.45) is 0 Å². The number of benzene rings is 2. The fourth-order valence-electron chi connectivity index (χ4n) is 3.90. The van der Waals surface area contributed by atoms with E-state index in [1.165, 1.54) is 6.42 Å². The molecule has 0 heterocycles. The number of carbonyl (C=O) groups is 2. The molecule has 1 saturated carbocycles. The predicted octanol–water partition coefficient (Wildman–Crippen LogP) is 6.20. The van der Waals surface area contributed by atoms with Crippen molar-refractivity contribution < 1.29 is 9.59 Å². The summed E-state index contributed by atoms with van der Waals surface area (Å²) in [5.41, 5.74) is 2.08. The second kappa shape index (κ2) is 12.7. The number of amides is 2. The Labute approximate surface area is 208 Å². The van der Waals surface area contributed by atoms with E-state index in [0.29, 0.717) is 23.1 Å². The van der Waals surface area contributed by atoms with E-state index in [2.05, 4.69) is 21.2 Å². The molecule has 2 amide bonds. The lowest BCUT2D eigenvalue weighted by Crippen LogP contribution is -2.50. The summed E-state index contributed by atoms with van der Waals surface area (Å²) in [5, 5.41) is 3.87. The van der Waals surface area contributed by atoms with E-state index in [0.717, 1.165) is 41.3 Å². The van der Waals surface area contributed by atoms with E-state index in [4.69, 9.17) is 11.6 Å². The first-order chi connectivity index (χ1) is 15.4. The molecule has 4 nitrogen and oxygen atoms in total. The van der Waals surface area contributed by atoms with E-state index in [-0.39, 0.29) is 17.9 Å². The molecule has 2 aromatic rings. The average molecular weight is 538 g/mol. The zero-order valence-electron chi connectivity index (χ0n) is 18.4. The summed E-state index contributed by atoms with van der Waals surface area (Å²) in [6.07, 6.45) is 5.59. The molecule has 1 fully saturated rings. The number of carbonyl (C=O) groups excluding carboxylic acids is 2. The van der Waals surface area contributed by atoms with Crippen LogP contribution in [-0.2, 0) is 21.9 Å². The Morgan fingerprint density at radius 3 is 2.53 bits per heavy atom. The minimum Gasteiger partial charge on any atom is -0.352 e. The molecule has 1 atom stereocenters. The predicted molar refractivity (Wildman–Crippen MR) is 137 cm³/mol. The molecular formula is C25H30BrClN2O2S. The fourth-order valence-corrected chi connectivity index (χ4v) is 5.24. The van der Waals surface area contributed by atoms with Gasteiger partial charge >= 0.3 is 0 Å². The average Bonchev–Trinajstić information content (AvgIpc) is 2.79. The molecule has 0 aliphatic heterocycles. The van der Waals surface area contributed by atoms with Crippen molar-refractivity contribution in [3.05, 3.63) is 69.2 Å². The second-order valence-electron chi connectivity index (χ2n) is 8.29. The van der Waals surface area contributed by atoms with Crippen molar-refractivity contribution in [1.82, 2.24) is 10.2 Å². The third-order valence-electron chi connectivity index (χ3n) is 5.77. The van der Waals surface area contributed by atoms with Crippen LogP contribution in [0, 0.1) is 0 Å². The van der Waals surface area contributed by atoms with E-state index < -0.39 is 6.04 Å². The van der Waals surface area contributed by atoms with Gasteiger partial charge in [0.25, 0.3) is 0 Å². The lowest BCUT2D eigenvalue weighted by molar-refractivity contribution is -0.139. The molecule has 1 aliphatic carbocycles. The van der Waals surface area contributed by atoms with Crippen molar-refractivity contribution in [3.8, 4) is 0 Å². The molecule has 7 heteroatoms. The normalized spacial score (nSPS) is 15.2. The largest absolute Gasteiger partial charge is 0.352 e. The SMILES string of the molecule is CC(C(=O)NC1CCCCC1)N(Cc1ccc(Br)cc1)C(=O)CSCc1cccc(Cl)c1. The molecule has 2 aromatic carbocycles. The Morgan fingerprint density at radius 2 is 1.84 bits per heavy atom. The Hall–Kier alpha value is -1.50. The third-order valence-corrected chi connectivity index (χ3v) is 7.52. The molecule has 172 valence electrons. The van der Waals surface area contributed by atoms with Gasteiger partial charge in [-0.3, -0.25) is 9.59 Å². The molecule has 0 saturated heterocycles. The van der Waals surface area contributed by atoms with Gasteiger partial charge in [0.1, 0.15) is 6.04 Å². The highest BCUT2D eigenvalue weighted by molar-refractivity contribution is 9.10. The monoisotopic (exact) mass is 536 g/mol. The molecule has 1 unspecified atom stereocenters. The van der Waals surface area contributed by atoms with Gasteiger partial charge in [0, 0.05) is 27.8 Å². The topological polar surface area (TPSA) is 49.4 Å². The summed E-state index contributed by atoms with van der Waals surface area (Å²) in [5.74, 6) is 0.902. The fraction of sp³-hybridized carbons (Fsp3) is 0.440. The zero-order chi connectivity index (χ0) is 22.9. The van der Waals surface area contributed by atoms with Crippen molar-refractivity contribution in [2.45, 2.75) is 63.4 Å². The first-order valence-electron chi connectivity index (χ1n) is 11.1. The Balaban J connectivity index is 1.64. The number of halogens is 2. The van der Waals surface area contributed by atoms with Crippen molar-refractivity contribution in [3.63, 3.8) is 0 Å². The van der Waals surface area contributed by atoms with Gasteiger partial charge < -0.3 is 10.2 Å². The molecule has 0 bridgehead atoms. The first kappa shape index (κ1) is 25.1. The van der Waals surface area contributed by atoms with Crippen LogP contribution in [0.2, 0.25) is 5.02 Å². The quantitative estimate of drug-likeness (QED) is 0.414. The van der Waals surface area contributed by atoms with Gasteiger partial charge in [-0.15, -0.1) is 11.8 Å². The maximum absolute atomic E-state index is 13.2. The molecule has 1 aliphatic rings. The minimum absolute atomic E-state index is 0.0359. The van der Waals surface area contributed by atoms with Gasteiger partial charge in [0.15, 0.2) is 0 Å². The Morgan fingerprint density at radius 1 is 1.12 bits per heavy atom. The number of rotatable bonds is 9. The maximum atomic E-state index is 13.2. The lowest BCUT2D eigenvalue weighted by atomic mass is 9.95. The van der Waals surface area contributed by atoms with Crippen molar-refractivity contribution in [2.75, 3.05) is 5.75 Å². The van der Waals surface area contributed by atoms with Crippen LogP contribution in [0.3, 0.4) is 0 Å². The molecule has 1 N–H and O–H groups in total. The van der Waals surface area contributed by atoms with Crippen LogP contribution < -0.4 is 5.32 Å². The smallest absolute Gasteiger partial charge is 0.242 e. The third kappa shape index (κ3) is 7.82. The summed E-state index contributed by atoms with van der Waals surface area (Å²) >= 11 is 11.1. The maximum Gasteiger partial charge on any atom is 0.242 e. The van der Waals surface area contributed by atoms with Crippen LogP contribution in [0.15, 0.2) is 53.0 Å². The van der Waals surface area contributed by atoms with Gasteiger partial charge in [0.05, 0.1) is 5.75 Å². The van der Waals surface area contributed by atoms with Gasteiger partial charge in [-0.1, -0.05) is 71.1 Å². The highest BCUT2D eigenvalue weighted by Crippen LogP contribution is 2.21. The van der Waals surface area contributed by atoms with E-state index >= 15 is 0 Å². The minimum atomic E-state index is -0.528. The molecular weight excluding hydrogens is 508 g/mol. The van der Waals surface area contributed by atoms with Crippen LogP contribution in [-0.4, -0.2) is 34.6 Å². The zero-order valence-corrected chi connectivity index (χ0v) is 21.5. The lowest BCUT2D eigenvalue weighted by Gasteiger charge is -2.31. The molecule has 0 aromatic heterocycles. The molecule has 0 radical (unpaired) electrons. The number of nitrogens with one attached hydrogen (secondary N) is 1. The van der Waals surface area contributed by atoms with Crippen molar-refractivity contribution >= 4 is 51.1 Å². The molecule has 32 heavy (non-hydrogen) atoms. The van der Waals surface area contributed by atoms with Crippen LogP contribution >= 0.6 is 39.3 Å². The summed E-state index contributed by atoms with van der Waals surface area (Å²) < 4.78 is 0.985. The van der Waals surface area contributed by atoms with Crippen molar-refractivity contribution in [1.29, 1.82) is 0 Å². The van der Waals surface area contributed by atoms with E-state index in [1.807, 2.05) is 55.5 Å². The summed E-state index contributed by atoms with van der Waals surface area (Å²) in [7, 11) is 0. The van der Waals surface area contributed by atoms with E-state index in [1.54, 1.807) is 16.7 Å². The summed E-state index contributed by atoms with van der Waals surface area (Å²) in [4.78, 5) is 27.9. The number of thioether (sulfide) groups is 1. The summed E-state index contributed by atoms with van der Waals surface area (Å²) in [6, 6.07) is 15.2. The second-order valence-corrected chi connectivity index (χ2v) is 10.6. The highest BCUT2D eigenvalue weighted by Gasteiger charge is 2.28. The van der Waals surface area contributed by atoms with Crippen LogP contribution in [0.4, 0.5) is 0 Å². The van der Waals surface area contributed by atoms with Gasteiger partial charge in [0.2, 0.25) is 11.8 Å². The van der Waals surface area contributed by atoms with E-state index in [9.17, 15) is 9.59 Å². The first-order valence-corrected chi connectivity index (χ1v) is 13.4. The molecule has 0 spiro atoms. The Kier molecular flexibility index (Phi) is 9.94. The standard InChI is InChI=1S/C25H30BrClN2O2S/c1-18(25(31)28-23-8-3-2-4-9-23)29(15-19-10-12-21(26)13-11-19)24(30)17-32-16-20-6-5-7-22(27)14-20/h5-7,10-14,18,23H,2-4,8-9,15-17H2,1H3,(H,28,31). The van der Waals surface area contributed by atoms with Gasteiger partial charge in [-0.2, -0.15) is 0 Å².